The second-order valence-corrected chi connectivity index (χ2v) is 6.27. The highest BCUT2D eigenvalue weighted by atomic mass is 79.9. The van der Waals surface area contributed by atoms with Crippen molar-refractivity contribution in [2.24, 2.45) is 5.73 Å². The molecule has 1 aromatic carbocycles. The summed E-state index contributed by atoms with van der Waals surface area (Å²) in [6.07, 6.45) is 2.39. The van der Waals surface area contributed by atoms with Gasteiger partial charge in [0.25, 0.3) is 0 Å². The molecule has 1 fully saturated rings. The van der Waals surface area contributed by atoms with Crippen molar-refractivity contribution in [3.63, 3.8) is 0 Å². The van der Waals surface area contributed by atoms with Crippen LogP contribution in [0.5, 0.6) is 0 Å². The Morgan fingerprint density at radius 1 is 1.18 bits per heavy atom. The summed E-state index contributed by atoms with van der Waals surface area (Å²) in [6, 6.07) is 10.8. The highest BCUT2D eigenvalue weighted by Gasteiger charge is 2.50. The van der Waals surface area contributed by atoms with Gasteiger partial charge in [0, 0.05) is 21.3 Å². The molecule has 88 valence electrons. The fourth-order valence-corrected chi connectivity index (χ4v) is 4.08. The van der Waals surface area contributed by atoms with Gasteiger partial charge in [0.05, 0.1) is 0 Å². The summed E-state index contributed by atoms with van der Waals surface area (Å²) >= 11 is 5.30. The van der Waals surface area contributed by atoms with Crippen LogP contribution < -0.4 is 5.73 Å². The summed E-state index contributed by atoms with van der Waals surface area (Å²) in [4.78, 5) is 0. The van der Waals surface area contributed by atoms with Gasteiger partial charge in [0.1, 0.15) is 0 Å². The first-order valence-corrected chi connectivity index (χ1v) is 7.50. The highest BCUT2D eigenvalue weighted by molar-refractivity contribution is 9.10. The lowest BCUT2D eigenvalue weighted by Gasteiger charge is -2.23. The van der Waals surface area contributed by atoms with Crippen molar-refractivity contribution < 1.29 is 0 Å². The zero-order chi connectivity index (χ0) is 11.9. The molecular formula is C14H14BrNS. The average Bonchev–Trinajstić information content (AvgIpc) is 3.07. The first-order chi connectivity index (χ1) is 8.24. The molecule has 0 saturated heterocycles. The lowest BCUT2D eigenvalue weighted by molar-refractivity contribution is 0.541. The third-order valence-corrected chi connectivity index (χ3v) is 5.46. The minimum Gasteiger partial charge on any atom is -0.323 e. The molecule has 3 rings (SSSR count). The summed E-state index contributed by atoms with van der Waals surface area (Å²) < 4.78 is 1.15. The Morgan fingerprint density at radius 2 is 1.88 bits per heavy atom. The van der Waals surface area contributed by atoms with Crippen molar-refractivity contribution in [1.29, 1.82) is 0 Å². The zero-order valence-electron chi connectivity index (χ0n) is 9.40. The molecule has 0 radical (unpaired) electrons. The van der Waals surface area contributed by atoms with Gasteiger partial charge < -0.3 is 5.73 Å². The van der Waals surface area contributed by atoms with Gasteiger partial charge in [-0.15, -0.1) is 0 Å². The van der Waals surface area contributed by atoms with Crippen LogP contribution in [-0.4, -0.2) is 0 Å². The monoisotopic (exact) mass is 307 g/mol. The van der Waals surface area contributed by atoms with Crippen LogP contribution in [-0.2, 0) is 5.41 Å². The quantitative estimate of drug-likeness (QED) is 0.901. The molecule has 2 aromatic rings. The molecule has 0 aliphatic heterocycles. The summed E-state index contributed by atoms with van der Waals surface area (Å²) in [7, 11) is 0. The maximum atomic E-state index is 6.49. The SMILES string of the molecule is NC(c1cscc1Br)C1(c2ccccc2)CC1. The number of benzene rings is 1. The van der Waals surface area contributed by atoms with Gasteiger partial charge in [0.15, 0.2) is 0 Å². The predicted octanol–water partition coefficient (Wildman–Crippen LogP) is 4.24. The van der Waals surface area contributed by atoms with E-state index in [1.807, 2.05) is 0 Å². The molecule has 3 heteroatoms. The fourth-order valence-electron chi connectivity index (χ4n) is 2.49. The van der Waals surface area contributed by atoms with E-state index >= 15 is 0 Å². The minimum atomic E-state index is 0.102. The lowest BCUT2D eigenvalue weighted by Crippen LogP contribution is -2.26. The summed E-state index contributed by atoms with van der Waals surface area (Å²) in [6.45, 7) is 0. The molecule has 17 heavy (non-hydrogen) atoms. The first kappa shape index (κ1) is 11.5. The van der Waals surface area contributed by atoms with Gasteiger partial charge in [-0.1, -0.05) is 30.3 Å². The normalized spacial score (nSPS) is 18.9. The van der Waals surface area contributed by atoms with E-state index in [1.54, 1.807) is 11.3 Å². The molecule has 1 atom stereocenters. The topological polar surface area (TPSA) is 26.0 Å². The number of hydrogen-bond acceptors (Lipinski definition) is 2. The predicted molar refractivity (Wildman–Crippen MR) is 76.3 cm³/mol. The maximum absolute atomic E-state index is 6.49. The van der Waals surface area contributed by atoms with E-state index in [0.717, 1.165) is 4.47 Å². The van der Waals surface area contributed by atoms with Gasteiger partial charge in [-0.25, -0.2) is 0 Å². The highest BCUT2D eigenvalue weighted by Crippen LogP contribution is 2.56. The number of rotatable bonds is 3. The Morgan fingerprint density at radius 3 is 2.41 bits per heavy atom. The minimum absolute atomic E-state index is 0.102. The molecule has 1 aliphatic rings. The van der Waals surface area contributed by atoms with E-state index < -0.39 is 0 Å². The van der Waals surface area contributed by atoms with Crippen molar-refractivity contribution in [2.45, 2.75) is 24.3 Å². The third-order valence-electron chi connectivity index (χ3n) is 3.71. The Hall–Kier alpha value is -0.640. The largest absolute Gasteiger partial charge is 0.323 e. The van der Waals surface area contributed by atoms with Crippen molar-refractivity contribution in [1.82, 2.24) is 0 Å². The average molecular weight is 308 g/mol. The molecule has 1 aromatic heterocycles. The molecule has 1 aliphatic carbocycles. The Labute approximate surface area is 114 Å². The van der Waals surface area contributed by atoms with E-state index in [-0.39, 0.29) is 11.5 Å². The van der Waals surface area contributed by atoms with Crippen molar-refractivity contribution in [3.05, 3.63) is 56.7 Å². The molecule has 1 nitrogen and oxygen atoms in total. The van der Waals surface area contributed by atoms with Crippen LogP contribution in [0.1, 0.15) is 30.0 Å². The summed E-state index contributed by atoms with van der Waals surface area (Å²) in [5.74, 6) is 0. The number of nitrogens with two attached hydrogens (primary N) is 1. The third kappa shape index (κ3) is 1.86. The van der Waals surface area contributed by atoms with Gasteiger partial charge in [-0.2, -0.15) is 11.3 Å². The van der Waals surface area contributed by atoms with Gasteiger partial charge in [-0.3, -0.25) is 0 Å². The first-order valence-electron chi connectivity index (χ1n) is 5.77. The van der Waals surface area contributed by atoms with Gasteiger partial charge in [-0.05, 0) is 45.3 Å². The van der Waals surface area contributed by atoms with Crippen LogP contribution >= 0.6 is 27.3 Å². The van der Waals surface area contributed by atoms with Crippen LogP contribution in [0, 0.1) is 0 Å². The van der Waals surface area contributed by atoms with Gasteiger partial charge >= 0.3 is 0 Å². The second-order valence-electron chi connectivity index (χ2n) is 4.67. The molecule has 1 unspecified atom stereocenters. The van der Waals surface area contributed by atoms with Crippen LogP contribution in [0.3, 0.4) is 0 Å². The molecule has 1 heterocycles. The summed E-state index contributed by atoms with van der Waals surface area (Å²) in [5, 5.41) is 4.27. The zero-order valence-corrected chi connectivity index (χ0v) is 11.8. The summed E-state index contributed by atoms with van der Waals surface area (Å²) in [5.41, 5.74) is 9.29. The molecule has 1 saturated carbocycles. The van der Waals surface area contributed by atoms with Gasteiger partial charge in [0.2, 0.25) is 0 Å². The molecule has 0 bridgehead atoms. The number of halogens is 1. The van der Waals surface area contributed by atoms with Crippen LogP contribution in [0.4, 0.5) is 0 Å². The van der Waals surface area contributed by atoms with E-state index in [0.29, 0.717) is 0 Å². The Balaban J connectivity index is 1.97. The van der Waals surface area contributed by atoms with E-state index in [4.69, 9.17) is 5.73 Å². The van der Waals surface area contributed by atoms with E-state index in [9.17, 15) is 0 Å². The van der Waals surface area contributed by atoms with E-state index in [1.165, 1.54) is 24.0 Å². The van der Waals surface area contributed by atoms with Crippen molar-refractivity contribution >= 4 is 27.3 Å². The smallest absolute Gasteiger partial charge is 0.0412 e. The second kappa shape index (κ2) is 4.23. The molecule has 2 N–H and O–H groups in total. The van der Waals surface area contributed by atoms with Crippen molar-refractivity contribution in [3.8, 4) is 0 Å². The molecule has 0 amide bonds. The van der Waals surface area contributed by atoms with E-state index in [2.05, 4.69) is 57.0 Å². The standard InChI is InChI=1S/C14H14BrNS/c15-12-9-17-8-11(12)13(16)14(6-7-14)10-4-2-1-3-5-10/h1-5,8-9,13H,6-7,16H2. The number of thiophene rings is 1. The number of hydrogen-bond donors (Lipinski definition) is 1. The van der Waals surface area contributed by atoms with Crippen LogP contribution in [0.25, 0.3) is 0 Å². The Bertz CT molecular complexity index is 516. The van der Waals surface area contributed by atoms with Crippen molar-refractivity contribution in [2.75, 3.05) is 0 Å². The van der Waals surface area contributed by atoms with Crippen LogP contribution in [0.15, 0.2) is 45.6 Å². The fraction of sp³-hybridized carbons (Fsp3) is 0.286. The molecular weight excluding hydrogens is 294 g/mol. The molecule has 0 spiro atoms. The maximum Gasteiger partial charge on any atom is 0.0412 e. The Kier molecular flexibility index (Phi) is 2.85. The van der Waals surface area contributed by atoms with Crippen LogP contribution in [0.2, 0.25) is 0 Å². The lowest BCUT2D eigenvalue weighted by atomic mass is 9.85.